The first kappa shape index (κ1) is 21.1. The van der Waals surface area contributed by atoms with E-state index in [0.29, 0.717) is 26.6 Å². The van der Waals surface area contributed by atoms with Crippen LogP contribution in [0.1, 0.15) is 29.8 Å². The van der Waals surface area contributed by atoms with Crippen LogP contribution in [0.15, 0.2) is 40.9 Å². The summed E-state index contributed by atoms with van der Waals surface area (Å²) in [6, 6.07) is 10.0. The standard InChI is InChI=1S/C19H20BrClN2O4/c1-11(2)27-17-6-4-13(9-15(17)20)19(25)23-22-18(24)10-26-16-7-5-14(21)8-12(16)3/h4-9,11H,10H2,1-3H3,(H,22,24)(H,23,25). The first-order valence-electron chi connectivity index (χ1n) is 8.20. The number of rotatable bonds is 6. The van der Waals surface area contributed by atoms with Crippen LogP contribution in [0.2, 0.25) is 5.02 Å². The number of carbonyl (C=O) groups is 2. The molecule has 0 unspecified atom stereocenters. The largest absolute Gasteiger partial charge is 0.490 e. The number of carbonyl (C=O) groups excluding carboxylic acids is 2. The van der Waals surface area contributed by atoms with Crippen LogP contribution in [0.25, 0.3) is 0 Å². The molecule has 0 radical (unpaired) electrons. The molecule has 0 aliphatic carbocycles. The highest BCUT2D eigenvalue weighted by Crippen LogP contribution is 2.27. The van der Waals surface area contributed by atoms with Gasteiger partial charge in [-0.25, -0.2) is 0 Å². The number of amides is 2. The number of hydrazine groups is 1. The highest BCUT2D eigenvalue weighted by atomic mass is 79.9. The van der Waals surface area contributed by atoms with E-state index in [0.717, 1.165) is 5.56 Å². The number of aryl methyl sites for hydroxylation is 1. The molecule has 0 saturated carbocycles. The van der Waals surface area contributed by atoms with Gasteiger partial charge in [-0.15, -0.1) is 0 Å². The Hall–Kier alpha value is -2.25. The minimum atomic E-state index is -0.489. The summed E-state index contributed by atoms with van der Waals surface area (Å²) in [5.74, 6) is 0.238. The molecule has 27 heavy (non-hydrogen) atoms. The lowest BCUT2D eigenvalue weighted by atomic mass is 10.2. The van der Waals surface area contributed by atoms with E-state index in [9.17, 15) is 9.59 Å². The summed E-state index contributed by atoms with van der Waals surface area (Å²) in [5, 5.41) is 0.590. The molecule has 2 amide bonds. The summed E-state index contributed by atoms with van der Waals surface area (Å²) in [6.07, 6.45) is 0.0181. The average molecular weight is 456 g/mol. The summed E-state index contributed by atoms with van der Waals surface area (Å²) < 4.78 is 11.7. The highest BCUT2D eigenvalue weighted by Gasteiger charge is 2.12. The molecule has 144 valence electrons. The Morgan fingerprint density at radius 3 is 2.44 bits per heavy atom. The molecule has 0 fully saturated rings. The van der Waals surface area contributed by atoms with Crippen LogP contribution in [-0.4, -0.2) is 24.5 Å². The molecule has 2 rings (SSSR count). The van der Waals surface area contributed by atoms with Crippen molar-refractivity contribution in [1.29, 1.82) is 0 Å². The smallest absolute Gasteiger partial charge is 0.276 e. The summed E-state index contributed by atoms with van der Waals surface area (Å²) in [7, 11) is 0. The Kier molecular flexibility index (Phi) is 7.50. The molecule has 0 atom stereocenters. The molecule has 2 aromatic rings. The van der Waals surface area contributed by atoms with E-state index in [1.807, 2.05) is 20.8 Å². The van der Waals surface area contributed by atoms with Crippen molar-refractivity contribution in [3.63, 3.8) is 0 Å². The van der Waals surface area contributed by atoms with Gasteiger partial charge in [0.25, 0.3) is 11.8 Å². The fourth-order valence-corrected chi connectivity index (χ4v) is 2.84. The maximum absolute atomic E-state index is 12.2. The van der Waals surface area contributed by atoms with Crippen LogP contribution in [-0.2, 0) is 4.79 Å². The molecule has 0 aromatic heterocycles. The third-order valence-corrected chi connectivity index (χ3v) is 4.22. The van der Waals surface area contributed by atoms with Crippen LogP contribution < -0.4 is 20.3 Å². The van der Waals surface area contributed by atoms with Gasteiger partial charge in [-0.2, -0.15) is 0 Å². The zero-order valence-electron chi connectivity index (χ0n) is 15.1. The summed E-state index contributed by atoms with van der Waals surface area (Å²) in [5.41, 5.74) is 5.84. The zero-order valence-corrected chi connectivity index (χ0v) is 17.5. The number of benzene rings is 2. The Morgan fingerprint density at radius 1 is 1.11 bits per heavy atom. The zero-order chi connectivity index (χ0) is 20.0. The van der Waals surface area contributed by atoms with Gasteiger partial charge in [-0.3, -0.25) is 20.4 Å². The Balaban J connectivity index is 1.85. The number of nitrogens with one attached hydrogen (secondary N) is 2. The Labute approximate surface area is 171 Å². The summed E-state index contributed by atoms with van der Waals surface area (Å²) in [4.78, 5) is 24.0. The summed E-state index contributed by atoms with van der Waals surface area (Å²) in [6.45, 7) is 5.41. The molecule has 0 spiro atoms. The lowest BCUT2D eigenvalue weighted by molar-refractivity contribution is -0.123. The molecule has 2 N–H and O–H groups in total. The van der Waals surface area contributed by atoms with E-state index in [4.69, 9.17) is 21.1 Å². The van der Waals surface area contributed by atoms with E-state index < -0.39 is 11.8 Å². The van der Waals surface area contributed by atoms with Crippen molar-refractivity contribution in [3.05, 3.63) is 57.0 Å². The SMILES string of the molecule is Cc1cc(Cl)ccc1OCC(=O)NNC(=O)c1ccc(OC(C)C)c(Br)c1. The molecule has 8 heteroatoms. The van der Waals surface area contributed by atoms with Crippen molar-refractivity contribution in [1.82, 2.24) is 10.9 Å². The molecule has 0 heterocycles. The van der Waals surface area contributed by atoms with Crippen molar-refractivity contribution in [3.8, 4) is 11.5 Å². The van der Waals surface area contributed by atoms with Gasteiger partial charge >= 0.3 is 0 Å². The van der Waals surface area contributed by atoms with Crippen molar-refractivity contribution in [2.75, 3.05) is 6.61 Å². The van der Waals surface area contributed by atoms with Crippen molar-refractivity contribution in [2.24, 2.45) is 0 Å². The molecule has 6 nitrogen and oxygen atoms in total. The van der Waals surface area contributed by atoms with E-state index in [1.165, 1.54) is 0 Å². The van der Waals surface area contributed by atoms with Gasteiger partial charge in [-0.1, -0.05) is 11.6 Å². The number of halogens is 2. The molecule has 0 saturated heterocycles. The van der Waals surface area contributed by atoms with Gasteiger partial charge in [0.1, 0.15) is 11.5 Å². The lowest BCUT2D eigenvalue weighted by Crippen LogP contribution is -2.43. The van der Waals surface area contributed by atoms with Gasteiger partial charge in [-0.05, 0) is 78.7 Å². The third-order valence-electron chi connectivity index (χ3n) is 3.37. The second kappa shape index (κ2) is 9.62. The topological polar surface area (TPSA) is 76.7 Å². The number of hydrogen-bond acceptors (Lipinski definition) is 4. The molecule has 0 bridgehead atoms. The van der Waals surface area contributed by atoms with E-state index >= 15 is 0 Å². The van der Waals surface area contributed by atoms with Crippen molar-refractivity contribution < 1.29 is 19.1 Å². The first-order valence-corrected chi connectivity index (χ1v) is 9.37. The predicted octanol–water partition coefficient (Wildman–Crippen LogP) is 4.04. The normalized spacial score (nSPS) is 10.4. The fraction of sp³-hybridized carbons (Fsp3) is 0.263. The van der Waals surface area contributed by atoms with Crippen molar-refractivity contribution >= 4 is 39.3 Å². The number of hydrogen-bond donors (Lipinski definition) is 2. The van der Waals surface area contributed by atoms with E-state index in [2.05, 4.69) is 26.8 Å². The quantitative estimate of drug-likeness (QED) is 0.645. The Bertz CT molecular complexity index is 842. The fourth-order valence-electron chi connectivity index (χ4n) is 2.14. The minimum absolute atomic E-state index is 0.0181. The van der Waals surface area contributed by atoms with E-state index in [1.54, 1.807) is 36.4 Å². The number of ether oxygens (including phenoxy) is 2. The second-order valence-corrected chi connectivity index (χ2v) is 7.30. The van der Waals surface area contributed by atoms with Gasteiger partial charge in [0.05, 0.1) is 10.6 Å². The maximum Gasteiger partial charge on any atom is 0.276 e. The van der Waals surface area contributed by atoms with Crippen LogP contribution in [0.3, 0.4) is 0 Å². The monoisotopic (exact) mass is 454 g/mol. The van der Waals surface area contributed by atoms with Crippen molar-refractivity contribution in [2.45, 2.75) is 26.9 Å². The van der Waals surface area contributed by atoms with Gasteiger partial charge < -0.3 is 9.47 Å². The van der Waals surface area contributed by atoms with Crippen LogP contribution in [0, 0.1) is 6.92 Å². The second-order valence-electron chi connectivity index (χ2n) is 6.01. The van der Waals surface area contributed by atoms with Crippen LogP contribution in [0.4, 0.5) is 0 Å². The molecular formula is C19H20BrClN2O4. The molecule has 0 aliphatic rings. The first-order chi connectivity index (χ1) is 12.8. The maximum atomic E-state index is 12.2. The highest BCUT2D eigenvalue weighted by molar-refractivity contribution is 9.10. The van der Waals surface area contributed by atoms with Gasteiger partial charge in [0.15, 0.2) is 6.61 Å². The third kappa shape index (κ3) is 6.45. The lowest BCUT2D eigenvalue weighted by Gasteiger charge is -2.13. The van der Waals surface area contributed by atoms with E-state index in [-0.39, 0.29) is 12.7 Å². The van der Waals surface area contributed by atoms with Gasteiger partial charge in [0.2, 0.25) is 0 Å². The predicted molar refractivity (Wildman–Crippen MR) is 107 cm³/mol. The van der Waals surface area contributed by atoms with Gasteiger partial charge in [0, 0.05) is 10.6 Å². The Morgan fingerprint density at radius 2 is 1.81 bits per heavy atom. The molecule has 0 aliphatic heterocycles. The summed E-state index contributed by atoms with van der Waals surface area (Å²) >= 11 is 9.24. The molecular weight excluding hydrogens is 436 g/mol. The average Bonchev–Trinajstić information content (AvgIpc) is 2.60. The molecule has 2 aromatic carbocycles. The minimum Gasteiger partial charge on any atom is -0.490 e. The van der Waals surface area contributed by atoms with Crippen LogP contribution >= 0.6 is 27.5 Å². The van der Waals surface area contributed by atoms with Crippen LogP contribution in [0.5, 0.6) is 11.5 Å².